The first-order valence-corrected chi connectivity index (χ1v) is 14.8. The van der Waals surface area contributed by atoms with E-state index >= 15 is 0 Å². The number of benzene rings is 1. The van der Waals surface area contributed by atoms with Crippen LogP contribution in [0.25, 0.3) is 0 Å². The van der Waals surface area contributed by atoms with Crippen LogP contribution in [0.15, 0.2) is 119 Å². The van der Waals surface area contributed by atoms with E-state index in [0.717, 1.165) is 46.8 Å². The Bertz CT molecular complexity index is 1450. The molecule has 0 aliphatic carbocycles. The van der Waals surface area contributed by atoms with Crippen LogP contribution in [0.1, 0.15) is 39.7 Å². The number of allylic oxidation sites excluding steroid dienone is 5. The number of hydrogen-bond acceptors (Lipinski definition) is 7. The molecule has 2 N–H and O–H groups in total. The SMILES string of the molecule is C=C.C\C=C/C(=C\C=C\N(CC=O)c1cccnc1N(CC)c1ccc(CC(=O)O)cc1)C1=NCC(CC)=C(/C=C(\C)Cl)N1. The third-order valence-corrected chi connectivity index (χ3v) is 6.62. The van der Waals surface area contributed by atoms with E-state index in [1.165, 1.54) is 5.57 Å². The van der Waals surface area contributed by atoms with Gasteiger partial charge in [-0.25, -0.2) is 4.98 Å². The minimum absolute atomic E-state index is 0.0375. The molecule has 1 aliphatic heterocycles. The predicted octanol–water partition coefficient (Wildman–Crippen LogP) is 7.50. The first-order chi connectivity index (χ1) is 21.3. The van der Waals surface area contributed by atoms with Crippen molar-refractivity contribution in [1.82, 2.24) is 10.3 Å². The van der Waals surface area contributed by atoms with Crippen LogP contribution in [-0.2, 0) is 16.0 Å². The monoisotopic (exact) mass is 615 g/mol. The van der Waals surface area contributed by atoms with Crippen molar-refractivity contribution in [2.75, 3.05) is 29.4 Å². The third-order valence-electron chi connectivity index (χ3n) is 6.52. The molecule has 1 aromatic carbocycles. The summed E-state index contributed by atoms with van der Waals surface area (Å²) in [6.45, 7) is 15.2. The van der Waals surface area contributed by atoms with E-state index in [9.17, 15) is 9.59 Å². The second-order valence-electron chi connectivity index (χ2n) is 9.50. The highest BCUT2D eigenvalue weighted by molar-refractivity contribution is 6.29. The number of nitrogens with zero attached hydrogens (tertiary/aromatic N) is 4. The molecule has 0 saturated heterocycles. The predicted molar refractivity (Wildman–Crippen MR) is 184 cm³/mol. The molecule has 2 aromatic rings. The summed E-state index contributed by atoms with van der Waals surface area (Å²) in [5.74, 6) is 0.548. The van der Waals surface area contributed by atoms with Crippen molar-refractivity contribution >= 4 is 46.9 Å². The summed E-state index contributed by atoms with van der Waals surface area (Å²) in [7, 11) is 0. The number of pyridine rings is 1. The van der Waals surface area contributed by atoms with Crippen LogP contribution >= 0.6 is 11.6 Å². The summed E-state index contributed by atoms with van der Waals surface area (Å²) >= 11 is 6.18. The first-order valence-electron chi connectivity index (χ1n) is 14.4. The van der Waals surface area contributed by atoms with E-state index in [2.05, 4.69) is 30.4 Å². The lowest BCUT2D eigenvalue weighted by Crippen LogP contribution is -2.29. The molecule has 232 valence electrons. The Balaban J connectivity index is 0.00000330. The van der Waals surface area contributed by atoms with Gasteiger partial charge < -0.3 is 25.0 Å². The maximum Gasteiger partial charge on any atom is 0.307 e. The molecule has 0 bridgehead atoms. The molecule has 44 heavy (non-hydrogen) atoms. The molecule has 3 rings (SSSR count). The molecule has 0 saturated carbocycles. The van der Waals surface area contributed by atoms with Gasteiger partial charge in [0.25, 0.3) is 0 Å². The van der Waals surface area contributed by atoms with E-state index in [1.807, 2.05) is 104 Å². The minimum atomic E-state index is -0.874. The van der Waals surface area contributed by atoms with Crippen LogP contribution < -0.4 is 15.1 Å². The molecule has 0 radical (unpaired) electrons. The summed E-state index contributed by atoms with van der Waals surface area (Å²) in [4.78, 5) is 36.1. The van der Waals surface area contributed by atoms with E-state index in [-0.39, 0.29) is 13.0 Å². The maximum absolute atomic E-state index is 11.7. The van der Waals surface area contributed by atoms with Gasteiger partial charge in [0.05, 0.1) is 25.2 Å². The van der Waals surface area contributed by atoms with E-state index in [1.54, 1.807) is 6.20 Å². The van der Waals surface area contributed by atoms with Crippen molar-refractivity contribution in [1.29, 1.82) is 0 Å². The molecule has 0 atom stereocenters. The molecule has 0 amide bonds. The van der Waals surface area contributed by atoms with Gasteiger partial charge in [0.15, 0.2) is 5.82 Å². The fourth-order valence-electron chi connectivity index (χ4n) is 4.52. The van der Waals surface area contributed by atoms with Gasteiger partial charge in [0, 0.05) is 40.9 Å². The lowest BCUT2D eigenvalue weighted by Gasteiger charge is -2.28. The Kier molecular flexibility index (Phi) is 15.1. The normalized spacial score (nSPS) is 13.7. The number of aromatic nitrogens is 1. The lowest BCUT2D eigenvalue weighted by atomic mass is 10.1. The number of carboxylic acids is 1. The Morgan fingerprint density at radius 1 is 1.18 bits per heavy atom. The van der Waals surface area contributed by atoms with Gasteiger partial charge >= 0.3 is 5.97 Å². The Hall–Kier alpha value is -4.69. The maximum atomic E-state index is 11.7. The van der Waals surface area contributed by atoms with Crippen LogP contribution in [0, 0.1) is 0 Å². The van der Waals surface area contributed by atoms with Gasteiger partial charge in [-0.2, -0.15) is 0 Å². The summed E-state index contributed by atoms with van der Waals surface area (Å²) in [6, 6.07) is 11.1. The Morgan fingerprint density at radius 3 is 2.50 bits per heavy atom. The summed E-state index contributed by atoms with van der Waals surface area (Å²) in [6.07, 6.45) is 14.9. The zero-order valence-corrected chi connectivity index (χ0v) is 26.7. The summed E-state index contributed by atoms with van der Waals surface area (Å²) < 4.78 is 0. The van der Waals surface area contributed by atoms with Crippen LogP contribution in [0.4, 0.5) is 17.2 Å². The van der Waals surface area contributed by atoms with Gasteiger partial charge in [-0.1, -0.05) is 42.8 Å². The number of aliphatic carboxylic acids is 1. The second kappa shape index (κ2) is 18.8. The van der Waals surface area contributed by atoms with Crippen molar-refractivity contribution < 1.29 is 14.7 Å². The molecular weight excluding hydrogens is 574 g/mol. The van der Waals surface area contributed by atoms with Gasteiger partial charge in [-0.05, 0) is 80.8 Å². The highest BCUT2D eigenvalue weighted by Crippen LogP contribution is 2.32. The molecule has 9 heteroatoms. The van der Waals surface area contributed by atoms with Crippen LogP contribution in [0.3, 0.4) is 0 Å². The number of nitrogens with one attached hydrogen (secondary N) is 1. The fraction of sp³-hybridized carbons (Fsp3) is 0.257. The van der Waals surface area contributed by atoms with Crippen LogP contribution in [-0.4, -0.2) is 47.8 Å². The topological polar surface area (TPSA) is 98.1 Å². The van der Waals surface area contributed by atoms with Crippen molar-refractivity contribution in [2.24, 2.45) is 4.99 Å². The molecular formula is C35H42ClN5O3. The zero-order valence-electron chi connectivity index (χ0n) is 26.0. The summed E-state index contributed by atoms with van der Waals surface area (Å²) in [5, 5.41) is 13.2. The molecule has 0 unspecified atom stereocenters. The fourth-order valence-corrected chi connectivity index (χ4v) is 4.63. The smallest absolute Gasteiger partial charge is 0.307 e. The largest absolute Gasteiger partial charge is 0.481 e. The first kappa shape index (κ1) is 35.5. The average molecular weight is 616 g/mol. The number of halogens is 1. The average Bonchev–Trinajstić information content (AvgIpc) is 3.02. The Labute approximate surface area is 266 Å². The highest BCUT2D eigenvalue weighted by atomic mass is 35.5. The van der Waals surface area contributed by atoms with Crippen molar-refractivity contribution in [2.45, 2.75) is 40.5 Å². The molecule has 1 aliphatic rings. The van der Waals surface area contributed by atoms with Crippen molar-refractivity contribution in [3.63, 3.8) is 0 Å². The number of carbonyl (C=O) groups excluding carboxylic acids is 1. The molecule has 2 heterocycles. The van der Waals surface area contributed by atoms with Gasteiger partial charge in [0.2, 0.25) is 0 Å². The molecule has 8 nitrogen and oxygen atoms in total. The number of anilines is 3. The minimum Gasteiger partial charge on any atom is -0.481 e. The number of carboxylic acid groups (broad SMARTS) is 1. The number of amidine groups is 1. The lowest BCUT2D eigenvalue weighted by molar-refractivity contribution is -0.136. The number of aliphatic imine (C=N–C) groups is 1. The van der Waals surface area contributed by atoms with Crippen LogP contribution in [0.2, 0.25) is 0 Å². The quantitative estimate of drug-likeness (QED) is 0.129. The van der Waals surface area contributed by atoms with Gasteiger partial charge in [-0.15, -0.1) is 13.2 Å². The molecule has 0 spiro atoms. The van der Waals surface area contributed by atoms with Crippen molar-refractivity contribution in [3.05, 3.63) is 120 Å². The van der Waals surface area contributed by atoms with Gasteiger partial charge in [0.1, 0.15) is 12.1 Å². The molecule has 1 aromatic heterocycles. The Morgan fingerprint density at radius 2 is 1.91 bits per heavy atom. The van der Waals surface area contributed by atoms with E-state index < -0.39 is 5.97 Å². The highest BCUT2D eigenvalue weighted by Gasteiger charge is 2.18. The van der Waals surface area contributed by atoms with Crippen molar-refractivity contribution in [3.8, 4) is 0 Å². The standard InChI is InChI=1S/C33H38ClN5O3.C2H4/c1-5-10-27(32-36-23-26(6-2)29(37-32)21-24(4)34)11-9-18-38(19-20-40)30-12-8-17-35-33(30)39(7-3)28-15-13-25(14-16-28)22-31(41)42;1-2/h5,8-18,20-21H,6-7,19,22-23H2,1-4H3,(H,36,37)(H,41,42);1-2H2/b10-5-,18-9+,24-21+,27-11+;. The number of hydrogen-bond donors (Lipinski definition) is 2. The third kappa shape index (κ3) is 10.2. The van der Waals surface area contributed by atoms with Crippen LogP contribution in [0.5, 0.6) is 0 Å². The molecule has 0 fully saturated rings. The second-order valence-corrected chi connectivity index (χ2v) is 10.1. The number of rotatable bonds is 14. The van der Waals surface area contributed by atoms with E-state index in [0.29, 0.717) is 23.9 Å². The van der Waals surface area contributed by atoms with Gasteiger partial charge in [-0.3, -0.25) is 9.79 Å². The van der Waals surface area contributed by atoms with E-state index in [4.69, 9.17) is 21.7 Å². The summed E-state index contributed by atoms with van der Waals surface area (Å²) in [5.41, 5.74) is 5.38. The number of aldehydes is 1. The number of carbonyl (C=O) groups is 2. The zero-order chi connectivity index (χ0) is 32.5.